The van der Waals surface area contributed by atoms with Crippen LogP contribution in [0.15, 0.2) is 54.6 Å². The largest absolute Gasteiger partial charge is 0.378 e. The first-order valence-corrected chi connectivity index (χ1v) is 8.85. The highest BCUT2D eigenvalue weighted by atomic mass is 16.5. The van der Waals surface area contributed by atoms with E-state index in [1.807, 2.05) is 18.2 Å². The first-order chi connectivity index (χ1) is 11.8. The van der Waals surface area contributed by atoms with Crippen molar-refractivity contribution in [2.75, 3.05) is 6.61 Å². The second kappa shape index (κ2) is 6.78. The molecule has 1 heterocycles. The highest BCUT2D eigenvalue weighted by Gasteiger charge is 2.45. The fourth-order valence-electron chi connectivity index (χ4n) is 3.79. The summed E-state index contributed by atoms with van der Waals surface area (Å²) in [5.74, 6) is 0.719. The van der Waals surface area contributed by atoms with E-state index in [0.717, 1.165) is 25.9 Å². The summed E-state index contributed by atoms with van der Waals surface area (Å²) in [4.78, 5) is 12.1. The van der Waals surface area contributed by atoms with Gasteiger partial charge in [0.1, 0.15) is 0 Å². The van der Waals surface area contributed by atoms with E-state index >= 15 is 0 Å². The van der Waals surface area contributed by atoms with E-state index in [0.29, 0.717) is 24.5 Å². The first kappa shape index (κ1) is 15.4. The average molecular weight is 321 g/mol. The van der Waals surface area contributed by atoms with Crippen molar-refractivity contribution in [2.24, 2.45) is 5.92 Å². The van der Waals surface area contributed by atoms with Crippen LogP contribution in [0.1, 0.15) is 24.8 Å². The highest BCUT2D eigenvalue weighted by Crippen LogP contribution is 2.38. The molecule has 2 aromatic rings. The zero-order chi connectivity index (χ0) is 16.4. The van der Waals surface area contributed by atoms with E-state index in [-0.39, 0.29) is 5.91 Å². The van der Waals surface area contributed by atoms with Crippen LogP contribution in [0.2, 0.25) is 0 Å². The maximum atomic E-state index is 12.1. The predicted octanol–water partition coefficient (Wildman–Crippen LogP) is 3.58. The van der Waals surface area contributed by atoms with Gasteiger partial charge in [-0.15, -0.1) is 0 Å². The third-order valence-corrected chi connectivity index (χ3v) is 5.31. The molecule has 2 aromatic carbocycles. The van der Waals surface area contributed by atoms with Gasteiger partial charge in [0.2, 0.25) is 5.91 Å². The molecule has 1 aliphatic heterocycles. The Morgan fingerprint density at radius 2 is 1.79 bits per heavy atom. The van der Waals surface area contributed by atoms with Crippen molar-refractivity contribution < 1.29 is 9.53 Å². The Morgan fingerprint density at radius 1 is 1.04 bits per heavy atom. The van der Waals surface area contributed by atoms with Gasteiger partial charge in [-0.25, -0.2) is 0 Å². The standard InChI is InChI=1S/C21H23NO2/c23-21(22-19-14-20-18(19)12-13-24-20)11-8-15-6-9-17(10-7-15)16-4-2-1-3-5-16/h1-7,9-10,18-20H,8,11-14H2,(H,22,23)/t18-,19+,20+/m0/s1. The van der Waals surface area contributed by atoms with E-state index in [1.54, 1.807) is 0 Å². The van der Waals surface area contributed by atoms with Crippen molar-refractivity contribution in [3.05, 3.63) is 60.2 Å². The summed E-state index contributed by atoms with van der Waals surface area (Å²) >= 11 is 0. The molecule has 0 radical (unpaired) electrons. The lowest BCUT2D eigenvalue weighted by molar-refractivity contribution is -0.124. The lowest BCUT2D eigenvalue weighted by Crippen LogP contribution is -2.53. The van der Waals surface area contributed by atoms with Crippen LogP contribution in [-0.4, -0.2) is 24.7 Å². The number of carbonyl (C=O) groups is 1. The summed E-state index contributed by atoms with van der Waals surface area (Å²) in [5, 5.41) is 3.18. The Hall–Kier alpha value is -2.13. The van der Waals surface area contributed by atoms with Gasteiger partial charge in [-0.3, -0.25) is 4.79 Å². The minimum Gasteiger partial charge on any atom is -0.378 e. The number of ether oxygens (including phenoxy) is 1. The molecule has 0 aromatic heterocycles. The number of carbonyl (C=O) groups excluding carboxylic acids is 1. The first-order valence-electron chi connectivity index (χ1n) is 8.85. The number of amides is 1. The van der Waals surface area contributed by atoms with Crippen LogP contribution in [0, 0.1) is 5.92 Å². The number of fused-ring (bicyclic) bond motifs is 1. The highest BCUT2D eigenvalue weighted by molar-refractivity contribution is 5.76. The molecular weight excluding hydrogens is 298 g/mol. The van der Waals surface area contributed by atoms with Gasteiger partial charge in [-0.1, -0.05) is 54.6 Å². The number of hydrogen-bond donors (Lipinski definition) is 1. The van der Waals surface area contributed by atoms with Gasteiger partial charge in [0.25, 0.3) is 0 Å². The molecule has 1 N–H and O–H groups in total. The summed E-state index contributed by atoms with van der Waals surface area (Å²) in [7, 11) is 0. The Balaban J connectivity index is 1.27. The summed E-state index contributed by atoms with van der Waals surface area (Å²) in [5.41, 5.74) is 3.64. The van der Waals surface area contributed by atoms with Crippen LogP contribution in [0.3, 0.4) is 0 Å². The SMILES string of the molecule is O=C(CCc1ccc(-c2ccccc2)cc1)N[C@@H]1C[C@H]2OCC[C@@H]12. The van der Waals surface area contributed by atoms with Crippen molar-refractivity contribution in [1.82, 2.24) is 5.32 Å². The topological polar surface area (TPSA) is 38.3 Å². The van der Waals surface area contributed by atoms with Crippen molar-refractivity contribution in [3.63, 3.8) is 0 Å². The molecule has 124 valence electrons. The second-order valence-electron chi connectivity index (χ2n) is 6.83. The molecule has 0 unspecified atom stereocenters. The van der Waals surface area contributed by atoms with Crippen LogP contribution in [0.4, 0.5) is 0 Å². The molecular formula is C21H23NO2. The zero-order valence-electron chi connectivity index (χ0n) is 13.8. The van der Waals surface area contributed by atoms with Crippen LogP contribution >= 0.6 is 0 Å². The summed E-state index contributed by atoms with van der Waals surface area (Å²) < 4.78 is 5.59. The van der Waals surface area contributed by atoms with Gasteiger partial charge in [-0.05, 0) is 36.0 Å². The molecule has 1 saturated carbocycles. The molecule has 0 spiro atoms. The molecule has 0 bridgehead atoms. The Kier molecular flexibility index (Phi) is 4.35. The monoisotopic (exact) mass is 321 g/mol. The maximum Gasteiger partial charge on any atom is 0.220 e. The van der Waals surface area contributed by atoms with Crippen LogP contribution < -0.4 is 5.32 Å². The lowest BCUT2D eigenvalue weighted by Gasteiger charge is -2.39. The molecule has 1 amide bonds. The van der Waals surface area contributed by atoms with Gasteiger partial charge in [-0.2, -0.15) is 0 Å². The second-order valence-corrected chi connectivity index (χ2v) is 6.83. The fraction of sp³-hybridized carbons (Fsp3) is 0.381. The number of rotatable bonds is 5. The van der Waals surface area contributed by atoms with Crippen LogP contribution in [0.25, 0.3) is 11.1 Å². The number of nitrogens with one attached hydrogen (secondary N) is 1. The summed E-state index contributed by atoms with van der Waals surface area (Å²) in [6, 6.07) is 19.2. The minimum atomic E-state index is 0.164. The van der Waals surface area contributed by atoms with Crippen molar-refractivity contribution in [2.45, 2.75) is 37.8 Å². The van der Waals surface area contributed by atoms with E-state index in [9.17, 15) is 4.79 Å². The van der Waals surface area contributed by atoms with E-state index < -0.39 is 0 Å². The number of hydrogen-bond acceptors (Lipinski definition) is 2. The lowest BCUT2D eigenvalue weighted by atomic mass is 9.76. The minimum absolute atomic E-state index is 0.164. The molecule has 2 aliphatic rings. The van der Waals surface area contributed by atoms with E-state index in [4.69, 9.17) is 4.74 Å². The van der Waals surface area contributed by atoms with Gasteiger partial charge in [0.15, 0.2) is 0 Å². The number of benzene rings is 2. The molecule has 1 aliphatic carbocycles. The predicted molar refractivity (Wildman–Crippen MR) is 94.6 cm³/mol. The summed E-state index contributed by atoms with van der Waals surface area (Å²) in [6.45, 7) is 0.857. The Morgan fingerprint density at radius 3 is 2.54 bits per heavy atom. The van der Waals surface area contributed by atoms with Crippen molar-refractivity contribution in [3.8, 4) is 11.1 Å². The van der Waals surface area contributed by atoms with Gasteiger partial charge >= 0.3 is 0 Å². The fourth-order valence-corrected chi connectivity index (χ4v) is 3.79. The Labute approximate surface area is 143 Å². The number of aryl methyl sites for hydroxylation is 1. The van der Waals surface area contributed by atoms with Crippen LogP contribution in [0.5, 0.6) is 0 Å². The third-order valence-electron chi connectivity index (χ3n) is 5.31. The third kappa shape index (κ3) is 3.22. The van der Waals surface area contributed by atoms with Crippen molar-refractivity contribution >= 4 is 5.91 Å². The zero-order valence-corrected chi connectivity index (χ0v) is 13.8. The molecule has 3 heteroatoms. The molecule has 3 nitrogen and oxygen atoms in total. The smallest absolute Gasteiger partial charge is 0.220 e. The average Bonchev–Trinajstić information content (AvgIpc) is 3.00. The maximum absolute atomic E-state index is 12.1. The van der Waals surface area contributed by atoms with Gasteiger partial charge in [0, 0.05) is 25.0 Å². The molecule has 4 rings (SSSR count). The van der Waals surface area contributed by atoms with Gasteiger partial charge < -0.3 is 10.1 Å². The Bertz CT molecular complexity index is 696. The van der Waals surface area contributed by atoms with Crippen molar-refractivity contribution in [1.29, 1.82) is 0 Å². The van der Waals surface area contributed by atoms with Crippen LogP contribution in [-0.2, 0) is 16.0 Å². The summed E-state index contributed by atoms with van der Waals surface area (Å²) in [6.07, 6.45) is 3.83. The van der Waals surface area contributed by atoms with E-state index in [2.05, 4.69) is 41.7 Å². The normalized spacial score (nSPS) is 24.9. The molecule has 24 heavy (non-hydrogen) atoms. The van der Waals surface area contributed by atoms with Gasteiger partial charge in [0.05, 0.1) is 6.10 Å². The molecule has 1 saturated heterocycles. The molecule has 2 fully saturated rings. The quantitative estimate of drug-likeness (QED) is 0.914. The molecule has 3 atom stereocenters. The van der Waals surface area contributed by atoms with E-state index in [1.165, 1.54) is 16.7 Å².